The third-order valence-corrected chi connectivity index (χ3v) is 12.4. The summed E-state index contributed by atoms with van der Waals surface area (Å²) in [7, 11) is 1.54. The molecule has 324 valence electrons. The lowest BCUT2D eigenvalue weighted by Crippen LogP contribution is -2.38. The molecular formula is C47H55N3O11. The first kappa shape index (κ1) is 43.2. The number of fused-ring (bicyclic) bond motifs is 2. The molecule has 3 aliphatic heterocycles. The number of carbonyl (C=O) groups is 2. The van der Waals surface area contributed by atoms with Crippen molar-refractivity contribution in [1.29, 1.82) is 0 Å². The third-order valence-electron chi connectivity index (χ3n) is 12.4. The van der Waals surface area contributed by atoms with Gasteiger partial charge in [-0.2, -0.15) is 0 Å². The number of hydrogen-bond donors (Lipinski definition) is 3. The van der Waals surface area contributed by atoms with E-state index < -0.39 is 52.2 Å². The number of allylic oxidation sites excluding steroid dienone is 3. The average Bonchev–Trinajstić information content (AvgIpc) is 3.84. The first-order valence-corrected chi connectivity index (χ1v) is 21.0. The Labute approximate surface area is 353 Å². The predicted octanol–water partition coefficient (Wildman–Crippen LogP) is 7.22. The molecule has 14 heteroatoms. The standard InChI is InChI=1S/C47H55N3O11/c1-23-13-12-14-25(3)46(56)49-39-41(54)35-34(38-44(39)60-33-22-30(50-16-10-11-17-50)21-31(52)37(33)48-38)36-43(28(6)40(35)53)61-47(8,45(36)55)58-18-15-32(57-9)27(5)42(59-29(7)51)26(4)20-24(2)19-23/h12-15,18,21-24,26-27,32,42,53,55H,10-11,16-17,19-20H2,1-9H3,(H,49,56)/b13-12+,18-15+,25-14-/t23-,24+,26+,27+,32-,42-,47-/m0/s1. The number of aliphatic hydroxyl groups is 1. The second-order valence-electron chi connectivity index (χ2n) is 17.2. The van der Waals surface area contributed by atoms with Crippen molar-refractivity contribution in [2.24, 2.45) is 23.7 Å². The van der Waals surface area contributed by atoms with Crippen LogP contribution >= 0.6 is 0 Å². The lowest BCUT2D eigenvalue weighted by atomic mass is 9.82. The van der Waals surface area contributed by atoms with Crippen LogP contribution in [0.25, 0.3) is 38.7 Å². The first-order valence-electron chi connectivity index (χ1n) is 21.0. The molecule has 7 atom stereocenters. The van der Waals surface area contributed by atoms with Crippen LogP contribution in [0.1, 0.15) is 79.7 Å². The predicted molar refractivity (Wildman–Crippen MR) is 234 cm³/mol. The number of ether oxygens (including phenoxy) is 4. The number of aromatic nitrogens is 1. The van der Waals surface area contributed by atoms with E-state index in [4.69, 9.17) is 28.3 Å². The fourth-order valence-electron chi connectivity index (χ4n) is 9.21. The molecule has 7 rings (SSSR count). The lowest BCUT2D eigenvalue weighted by molar-refractivity contribution is -0.155. The van der Waals surface area contributed by atoms with Gasteiger partial charge in [-0.15, -0.1) is 0 Å². The van der Waals surface area contributed by atoms with Crippen molar-refractivity contribution < 1.29 is 43.2 Å². The number of esters is 1. The number of benzene rings is 3. The molecule has 1 fully saturated rings. The number of amides is 1. The minimum atomic E-state index is -1.89. The summed E-state index contributed by atoms with van der Waals surface area (Å²) >= 11 is 0. The van der Waals surface area contributed by atoms with Gasteiger partial charge in [0.15, 0.2) is 22.4 Å². The van der Waals surface area contributed by atoms with Crippen molar-refractivity contribution >= 4 is 62.0 Å². The first-order chi connectivity index (χ1) is 28.9. The Morgan fingerprint density at radius 1 is 1.00 bits per heavy atom. The van der Waals surface area contributed by atoms with Crippen LogP contribution in [0.5, 0.6) is 11.5 Å². The van der Waals surface area contributed by atoms with Gasteiger partial charge in [-0.05, 0) is 63.4 Å². The van der Waals surface area contributed by atoms with Gasteiger partial charge in [0.2, 0.25) is 10.9 Å². The zero-order valence-electron chi connectivity index (χ0n) is 36.2. The van der Waals surface area contributed by atoms with Crippen LogP contribution in [0.15, 0.2) is 62.3 Å². The highest BCUT2D eigenvalue weighted by Gasteiger charge is 2.43. The van der Waals surface area contributed by atoms with Gasteiger partial charge in [0.1, 0.15) is 28.8 Å². The number of hydrogen-bond acceptors (Lipinski definition) is 13. The van der Waals surface area contributed by atoms with Crippen LogP contribution < -0.4 is 31.0 Å². The van der Waals surface area contributed by atoms with E-state index in [1.807, 2.05) is 13.0 Å². The van der Waals surface area contributed by atoms with Crippen LogP contribution in [0.2, 0.25) is 0 Å². The fraction of sp³-hybridized carbons (Fsp3) is 0.468. The molecule has 4 heterocycles. The summed E-state index contributed by atoms with van der Waals surface area (Å²) in [4.78, 5) is 61.6. The van der Waals surface area contributed by atoms with E-state index in [-0.39, 0.29) is 84.4 Å². The molecule has 1 saturated heterocycles. The number of phenolic OH excluding ortho intramolecular Hbond substituents is 1. The minimum absolute atomic E-state index is 0.00403. The lowest BCUT2D eigenvalue weighted by Gasteiger charge is -2.34. The second kappa shape index (κ2) is 16.9. The van der Waals surface area contributed by atoms with E-state index in [1.165, 1.54) is 33.1 Å². The Balaban J connectivity index is 1.48. The van der Waals surface area contributed by atoms with E-state index in [1.54, 1.807) is 38.3 Å². The Morgan fingerprint density at radius 3 is 2.41 bits per heavy atom. The van der Waals surface area contributed by atoms with Gasteiger partial charge in [-0.3, -0.25) is 19.2 Å². The van der Waals surface area contributed by atoms with E-state index in [0.29, 0.717) is 5.69 Å². The number of aromatic hydroxyl groups is 1. The molecule has 0 saturated carbocycles. The SMILES string of the molecule is CO[C@H]1/C=C/O[C@@]2(C)Oc3c(C)c(O)c4c(=O)c(c5oc6cc(N7CCCC7)cc(=O)c6nc5c4c3=C2O)NC(=O)/C(C)=C\C=C\[C@H](C)C[C@@H](C)C[C@@H](C)[C@H](OC(C)=O)[C@@H]1C. The fourth-order valence-corrected chi connectivity index (χ4v) is 9.21. The van der Waals surface area contributed by atoms with Gasteiger partial charge in [0, 0.05) is 74.3 Å². The average molecular weight is 838 g/mol. The molecule has 0 spiro atoms. The zero-order valence-corrected chi connectivity index (χ0v) is 36.2. The van der Waals surface area contributed by atoms with Crippen molar-refractivity contribution in [3.63, 3.8) is 0 Å². The van der Waals surface area contributed by atoms with Crippen molar-refractivity contribution in [3.05, 3.63) is 79.5 Å². The number of phenols is 1. The Kier molecular flexibility index (Phi) is 12.0. The second-order valence-corrected chi connectivity index (χ2v) is 17.2. The Bertz CT molecular complexity index is 2700. The van der Waals surface area contributed by atoms with Crippen LogP contribution in [0.4, 0.5) is 11.4 Å². The van der Waals surface area contributed by atoms with Crippen molar-refractivity contribution in [2.75, 3.05) is 30.4 Å². The summed E-state index contributed by atoms with van der Waals surface area (Å²) < 4.78 is 30.7. The normalized spacial score (nSPS) is 28.4. The molecule has 3 aromatic carbocycles. The van der Waals surface area contributed by atoms with E-state index in [9.17, 15) is 29.4 Å². The third kappa shape index (κ3) is 8.05. The maximum absolute atomic E-state index is 14.7. The highest BCUT2D eigenvalue weighted by Crippen LogP contribution is 2.42. The number of aliphatic hydroxyl groups excluding tert-OH is 1. The van der Waals surface area contributed by atoms with Crippen LogP contribution in [-0.2, 0) is 23.8 Å². The number of carbonyl (C=O) groups excluding carboxylic acids is 2. The van der Waals surface area contributed by atoms with E-state index in [2.05, 4.69) is 31.0 Å². The highest BCUT2D eigenvalue weighted by molar-refractivity contribution is 6.16. The van der Waals surface area contributed by atoms with Gasteiger partial charge in [0.05, 0.1) is 23.0 Å². The smallest absolute Gasteiger partial charge is 0.307 e. The molecule has 14 nitrogen and oxygen atoms in total. The van der Waals surface area contributed by atoms with E-state index >= 15 is 0 Å². The van der Waals surface area contributed by atoms with Crippen molar-refractivity contribution in [2.45, 2.75) is 99.1 Å². The zero-order chi connectivity index (χ0) is 44.1. The number of rotatable bonds is 3. The summed E-state index contributed by atoms with van der Waals surface area (Å²) in [5.74, 6) is -3.84. The molecule has 1 aromatic heterocycles. The Hall–Kier alpha value is -5.89. The molecular weight excluding hydrogens is 783 g/mol. The molecule has 4 aromatic rings. The van der Waals surface area contributed by atoms with Gasteiger partial charge in [-0.25, -0.2) is 4.98 Å². The van der Waals surface area contributed by atoms with Gasteiger partial charge < -0.3 is 43.8 Å². The van der Waals surface area contributed by atoms with Gasteiger partial charge in [-0.1, -0.05) is 45.9 Å². The van der Waals surface area contributed by atoms with Crippen molar-refractivity contribution in [3.8, 4) is 11.5 Å². The molecule has 4 bridgehead atoms. The summed E-state index contributed by atoms with van der Waals surface area (Å²) in [6.07, 6.45) is 10.8. The molecule has 0 unspecified atom stereocenters. The molecule has 61 heavy (non-hydrogen) atoms. The number of nitrogens with zero attached hydrogens (tertiary/aromatic N) is 2. The van der Waals surface area contributed by atoms with Crippen LogP contribution in [0.3, 0.4) is 0 Å². The maximum atomic E-state index is 14.7. The van der Waals surface area contributed by atoms with Gasteiger partial charge >= 0.3 is 11.8 Å². The molecule has 3 aliphatic rings. The monoisotopic (exact) mass is 837 g/mol. The molecule has 1 amide bonds. The van der Waals surface area contributed by atoms with E-state index in [0.717, 1.165) is 38.8 Å². The summed E-state index contributed by atoms with van der Waals surface area (Å²) in [5, 5.41) is 26.3. The topological polar surface area (TPSA) is 187 Å². The van der Waals surface area contributed by atoms with Crippen LogP contribution in [-0.4, -0.2) is 65.3 Å². The van der Waals surface area contributed by atoms with Crippen LogP contribution in [0, 0.1) is 30.6 Å². The molecule has 3 N–H and O–H groups in total. The number of anilines is 2. The highest BCUT2D eigenvalue weighted by atomic mass is 16.7. The maximum Gasteiger partial charge on any atom is 0.307 e. The summed E-state index contributed by atoms with van der Waals surface area (Å²) in [5.41, 5.74) is -0.736. The quantitative estimate of drug-likeness (QED) is 0.107. The van der Waals surface area contributed by atoms with Gasteiger partial charge in [0.25, 0.3) is 5.91 Å². The number of methoxy groups -OCH3 is 1. The van der Waals surface area contributed by atoms with Crippen molar-refractivity contribution in [1.82, 2.24) is 4.98 Å². The summed E-state index contributed by atoms with van der Waals surface area (Å²) in [6, 6.07) is 3.18. The minimum Gasteiger partial charge on any atom is -0.507 e. The Morgan fingerprint density at radius 2 is 1.72 bits per heavy atom. The summed E-state index contributed by atoms with van der Waals surface area (Å²) in [6.45, 7) is 15.7. The number of nitrogens with one attached hydrogen (secondary N) is 1. The largest absolute Gasteiger partial charge is 0.507 e. The molecule has 0 radical (unpaired) electrons. The molecule has 0 aliphatic carbocycles.